The van der Waals surface area contributed by atoms with Crippen molar-refractivity contribution in [1.29, 1.82) is 0 Å². The summed E-state index contributed by atoms with van der Waals surface area (Å²) in [5.74, 6) is 0.0220. The van der Waals surface area contributed by atoms with Crippen LogP contribution in [0.15, 0.2) is 71.7 Å². The quantitative estimate of drug-likeness (QED) is 0.651. The topological polar surface area (TPSA) is 71.2 Å². The van der Waals surface area contributed by atoms with Gasteiger partial charge in [-0.05, 0) is 28.3 Å². The molecule has 0 aliphatic heterocycles. The number of benzene rings is 2. The number of pyridine rings is 1. The molecule has 0 saturated carbocycles. The number of carbonyl (C=O) groups excluding carboxylic acids is 1. The van der Waals surface area contributed by atoms with Crippen molar-refractivity contribution in [3.8, 4) is 11.1 Å². The standard InChI is InChI=1S/C23H19ClN2O3/c24-16-12-15(22(27)26-13-16)6-5-11-25-23(28)29-14-21-19-9-3-1-7-17(19)18-8-2-4-10-20(18)21/h1-10,12-13,21H,11,14H2,(H,25,28)(H,26,27). The lowest BCUT2D eigenvalue weighted by Crippen LogP contribution is -2.26. The molecule has 2 N–H and O–H groups in total. The molecular formula is C23H19ClN2O3. The molecule has 6 heteroatoms. The Bertz CT molecular complexity index is 1090. The van der Waals surface area contributed by atoms with Crippen molar-refractivity contribution in [2.45, 2.75) is 5.92 Å². The minimum absolute atomic E-state index is 0.0220. The molecule has 146 valence electrons. The van der Waals surface area contributed by atoms with Crippen LogP contribution in [0.3, 0.4) is 0 Å². The fraction of sp³-hybridized carbons (Fsp3) is 0.130. The van der Waals surface area contributed by atoms with Gasteiger partial charge >= 0.3 is 6.09 Å². The Kier molecular flexibility index (Phi) is 5.49. The summed E-state index contributed by atoms with van der Waals surface area (Å²) in [6.07, 6.45) is 4.20. The molecule has 0 radical (unpaired) electrons. The van der Waals surface area contributed by atoms with Gasteiger partial charge in [0.1, 0.15) is 6.61 Å². The monoisotopic (exact) mass is 406 g/mol. The van der Waals surface area contributed by atoms with Crippen LogP contribution in [-0.4, -0.2) is 24.2 Å². The molecule has 3 aromatic rings. The normalized spacial score (nSPS) is 12.6. The van der Waals surface area contributed by atoms with Crippen molar-refractivity contribution >= 4 is 23.8 Å². The minimum atomic E-state index is -0.503. The lowest BCUT2D eigenvalue weighted by molar-refractivity contribution is 0.144. The van der Waals surface area contributed by atoms with Crippen molar-refractivity contribution in [2.75, 3.05) is 13.2 Å². The van der Waals surface area contributed by atoms with Crippen LogP contribution in [0.1, 0.15) is 22.6 Å². The Labute approximate surface area is 173 Å². The smallest absolute Gasteiger partial charge is 0.407 e. The predicted octanol–water partition coefficient (Wildman–Crippen LogP) is 4.58. The molecule has 1 heterocycles. The van der Waals surface area contributed by atoms with Gasteiger partial charge in [0.2, 0.25) is 0 Å². The van der Waals surface area contributed by atoms with Gasteiger partial charge in [-0.1, -0.05) is 72.3 Å². The molecule has 1 aliphatic carbocycles. The third-order valence-electron chi connectivity index (χ3n) is 4.90. The highest BCUT2D eigenvalue weighted by molar-refractivity contribution is 6.30. The maximum Gasteiger partial charge on any atom is 0.407 e. The molecule has 5 nitrogen and oxygen atoms in total. The summed E-state index contributed by atoms with van der Waals surface area (Å²) in [5.41, 5.74) is 4.89. The van der Waals surface area contributed by atoms with Gasteiger partial charge in [0, 0.05) is 24.2 Å². The second-order valence-corrected chi connectivity index (χ2v) is 7.15. The van der Waals surface area contributed by atoms with Crippen LogP contribution in [0.5, 0.6) is 0 Å². The van der Waals surface area contributed by atoms with E-state index in [4.69, 9.17) is 16.3 Å². The van der Waals surface area contributed by atoms with Crippen molar-refractivity contribution in [1.82, 2.24) is 10.3 Å². The molecule has 0 atom stereocenters. The number of nitrogens with one attached hydrogen (secondary N) is 2. The number of halogens is 1. The first-order valence-corrected chi connectivity index (χ1v) is 9.65. The van der Waals surface area contributed by atoms with E-state index in [1.807, 2.05) is 24.3 Å². The SMILES string of the molecule is O=C(NCC=Cc1cc(Cl)c[nH]c1=O)OCC1c2ccccc2-c2ccccc21. The number of rotatable bonds is 5. The molecular weight excluding hydrogens is 388 g/mol. The summed E-state index contributed by atoms with van der Waals surface area (Å²) in [5, 5.41) is 3.10. The van der Waals surface area contributed by atoms with E-state index < -0.39 is 6.09 Å². The first kappa shape index (κ1) is 19.0. The van der Waals surface area contributed by atoms with Gasteiger partial charge in [0.15, 0.2) is 0 Å². The van der Waals surface area contributed by atoms with Gasteiger partial charge < -0.3 is 15.0 Å². The van der Waals surface area contributed by atoms with Crippen molar-refractivity contribution < 1.29 is 9.53 Å². The van der Waals surface area contributed by atoms with Gasteiger partial charge in [-0.3, -0.25) is 4.79 Å². The van der Waals surface area contributed by atoms with E-state index in [0.717, 1.165) is 0 Å². The Morgan fingerprint density at radius 2 is 1.76 bits per heavy atom. The molecule has 4 rings (SSSR count). The van der Waals surface area contributed by atoms with E-state index in [2.05, 4.69) is 34.6 Å². The van der Waals surface area contributed by atoms with Crippen LogP contribution in [0.25, 0.3) is 17.2 Å². The van der Waals surface area contributed by atoms with E-state index in [1.165, 1.54) is 28.5 Å². The number of hydrogen-bond acceptors (Lipinski definition) is 3. The van der Waals surface area contributed by atoms with E-state index in [0.29, 0.717) is 10.6 Å². The number of amides is 1. The second-order valence-electron chi connectivity index (χ2n) is 6.71. The highest BCUT2D eigenvalue weighted by Gasteiger charge is 2.28. The third kappa shape index (κ3) is 4.10. The van der Waals surface area contributed by atoms with Crippen LogP contribution in [0.4, 0.5) is 4.79 Å². The summed E-state index contributed by atoms with van der Waals surface area (Å²) in [6.45, 7) is 0.500. The molecule has 0 spiro atoms. The average molecular weight is 407 g/mol. The fourth-order valence-electron chi connectivity index (χ4n) is 3.57. The van der Waals surface area contributed by atoms with E-state index in [1.54, 1.807) is 18.2 Å². The number of aromatic nitrogens is 1. The number of carbonyl (C=O) groups is 1. The first-order chi connectivity index (χ1) is 14.1. The first-order valence-electron chi connectivity index (χ1n) is 9.27. The lowest BCUT2D eigenvalue weighted by Gasteiger charge is -2.14. The zero-order chi connectivity index (χ0) is 20.2. The Hall–Kier alpha value is -3.31. The summed E-state index contributed by atoms with van der Waals surface area (Å²) in [6, 6.07) is 17.9. The molecule has 2 aromatic carbocycles. The van der Waals surface area contributed by atoms with Crippen molar-refractivity contribution in [2.24, 2.45) is 0 Å². The van der Waals surface area contributed by atoms with E-state index >= 15 is 0 Å². The predicted molar refractivity (Wildman–Crippen MR) is 114 cm³/mol. The Balaban J connectivity index is 1.35. The van der Waals surface area contributed by atoms with E-state index in [9.17, 15) is 9.59 Å². The van der Waals surface area contributed by atoms with Gasteiger partial charge in [0.05, 0.1) is 5.02 Å². The number of H-pyrrole nitrogens is 1. The Morgan fingerprint density at radius 1 is 1.10 bits per heavy atom. The molecule has 1 aromatic heterocycles. The molecule has 1 aliphatic rings. The molecule has 0 fully saturated rings. The number of fused-ring (bicyclic) bond motifs is 3. The average Bonchev–Trinajstić information content (AvgIpc) is 3.06. The maximum absolute atomic E-state index is 12.1. The second kappa shape index (κ2) is 8.37. The van der Waals surface area contributed by atoms with Crippen LogP contribution in [0.2, 0.25) is 5.02 Å². The van der Waals surface area contributed by atoms with Gasteiger partial charge in [0.25, 0.3) is 5.56 Å². The largest absolute Gasteiger partial charge is 0.449 e. The zero-order valence-electron chi connectivity index (χ0n) is 15.5. The summed E-state index contributed by atoms with van der Waals surface area (Å²) >= 11 is 5.86. The zero-order valence-corrected chi connectivity index (χ0v) is 16.3. The third-order valence-corrected chi connectivity index (χ3v) is 5.12. The number of alkyl carbamates (subject to hydrolysis) is 1. The molecule has 1 amide bonds. The van der Waals surface area contributed by atoms with Crippen LogP contribution >= 0.6 is 11.6 Å². The molecule has 0 bridgehead atoms. The summed E-state index contributed by atoms with van der Waals surface area (Å²) in [7, 11) is 0. The number of hydrogen-bond donors (Lipinski definition) is 2. The summed E-state index contributed by atoms with van der Waals surface area (Å²) < 4.78 is 5.46. The van der Waals surface area contributed by atoms with Crippen LogP contribution in [-0.2, 0) is 4.74 Å². The highest BCUT2D eigenvalue weighted by atomic mass is 35.5. The highest BCUT2D eigenvalue weighted by Crippen LogP contribution is 2.44. The van der Waals surface area contributed by atoms with Crippen LogP contribution < -0.4 is 10.9 Å². The lowest BCUT2D eigenvalue weighted by atomic mass is 9.98. The van der Waals surface area contributed by atoms with Gasteiger partial charge in [-0.25, -0.2) is 4.79 Å². The molecule has 0 unspecified atom stereocenters. The van der Waals surface area contributed by atoms with Gasteiger partial charge in [-0.2, -0.15) is 0 Å². The number of ether oxygens (including phenoxy) is 1. The van der Waals surface area contributed by atoms with Crippen molar-refractivity contribution in [3.05, 3.63) is 98.9 Å². The fourth-order valence-corrected chi connectivity index (χ4v) is 3.75. The van der Waals surface area contributed by atoms with Gasteiger partial charge in [-0.15, -0.1) is 0 Å². The molecule has 0 saturated heterocycles. The van der Waals surface area contributed by atoms with E-state index in [-0.39, 0.29) is 24.6 Å². The minimum Gasteiger partial charge on any atom is -0.449 e. The summed E-state index contributed by atoms with van der Waals surface area (Å²) in [4.78, 5) is 26.3. The Morgan fingerprint density at radius 3 is 2.45 bits per heavy atom. The number of aromatic amines is 1. The maximum atomic E-state index is 12.1. The molecule has 29 heavy (non-hydrogen) atoms. The van der Waals surface area contributed by atoms with Crippen molar-refractivity contribution in [3.63, 3.8) is 0 Å². The van der Waals surface area contributed by atoms with Crippen LogP contribution in [0, 0.1) is 0 Å².